The lowest BCUT2D eigenvalue weighted by atomic mass is 10.1. The molecule has 2 heterocycles. The number of aryl methyl sites for hydroxylation is 2. The summed E-state index contributed by atoms with van der Waals surface area (Å²) < 4.78 is 1.93. The van der Waals surface area contributed by atoms with Gasteiger partial charge in [-0.1, -0.05) is 24.3 Å². The highest BCUT2D eigenvalue weighted by molar-refractivity contribution is 14.0. The molecule has 3 rings (SSSR count). The number of benzene rings is 1. The summed E-state index contributed by atoms with van der Waals surface area (Å²) in [4.78, 5) is 10.5. The number of rotatable bonds is 7. The topological polar surface area (TPSA) is 67.1 Å². The lowest BCUT2D eigenvalue weighted by Gasteiger charge is -2.12. The smallest absolute Gasteiger partial charge is 0.191 e. The molecule has 2 N–H and O–H groups in total. The van der Waals surface area contributed by atoms with Crippen molar-refractivity contribution >= 4 is 41.3 Å². The van der Waals surface area contributed by atoms with Crippen LogP contribution in [0, 0.1) is 13.8 Å². The van der Waals surface area contributed by atoms with E-state index in [1.807, 2.05) is 23.9 Å². The van der Waals surface area contributed by atoms with Crippen molar-refractivity contribution in [1.29, 1.82) is 0 Å². The Labute approximate surface area is 187 Å². The number of hydrogen-bond acceptors (Lipinski definition) is 4. The molecule has 0 amide bonds. The molecule has 0 aliphatic carbocycles. The number of thiazole rings is 1. The summed E-state index contributed by atoms with van der Waals surface area (Å²) in [7, 11) is 0. The van der Waals surface area contributed by atoms with Crippen LogP contribution in [0.25, 0.3) is 0 Å². The van der Waals surface area contributed by atoms with Gasteiger partial charge in [-0.2, -0.15) is 5.10 Å². The predicted octanol–water partition coefficient (Wildman–Crippen LogP) is 3.88. The molecule has 0 atom stereocenters. The second kappa shape index (κ2) is 11.2. The van der Waals surface area contributed by atoms with Gasteiger partial charge in [-0.05, 0) is 38.0 Å². The molecule has 6 nitrogen and oxygen atoms in total. The molecule has 0 fully saturated rings. The van der Waals surface area contributed by atoms with Gasteiger partial charge in [-0.25, -0.2) is 9.98 Å². The molecular formula is C20H27IN6S. The van der Waals surface area contributed by atoms with Crippen LogP contribution >= 0.6 is 35.3 Å². The number of guanidine groups is 1. The highest BCUT2D eigenvalue weighted by Gasteiger charge is 2.07. The quantitative estimate of drug-likeness (QED) is 0.288. The van der Waals surface area contributed by atoms with E-state index in [2.05, 4.69) is 58.8 Å². The molecule has 2 aromatic heterocycles. The standard InChI is InChI=1S/C20H26N6S.HI/c1-4-21-20(23-13-19-15(2)25-16(3)27-19)22-12-17-8-5-6-9-18(17)14-26-11-7-10-24-26;/h5-11H,4,12-14H2,1-3H3,(H2,21,22,23);1H. The van der Waals surface area contributed by atoms with Gasteiger partial charge in [0.1, 0.15) is 0 Å². The van der Waals surface area contributed by atoms with Crippen molar-refractivity contribution in [2.45, 2.75) is 40.4 Å². The third kappa shape index (κ3) is 6.30. The van der Waals surface area contributed by atoms with Gasteiger partial charge >= 0.3 is 0 Å². The fraction of sp³-hybridized carbons (Fsp3) is 0.350. The van der Waals surface area contributed by atoms with Crippen LogP contribution in [0.15, 0.2) is 47.7 Å². The van der Waals surface area contributed by atoms with E-state index >= 15 is 0 Å². The Morgan fingerprint density at radius 1 is 1.14 bits per heavy atom. The van der Waals surface area contributed by atoms with Gasteiger partial charge < -0.3 is 10.6 Å². The van der Waals surface area contributed by atoms with Gasteiger partial charge in [0.2, 0.25) is 0 Å². The largest absolute Gasteiger partial charge is 0.357 e. The number of hydrogen-bond donors (Lipinski definition) is 2. The van der Waals surface area contributed by atoms with Gasteiger partial charge in [0.05, 0.1) is 30.3 Å². The zero-order valence-electron chi connectivity index (χ0n) is 16.5. The number of aliphatic imine (C=N–C) groups is 1. The maximum absolute atomic E-state index is 4.77. The second-order valence-corrected chi connectivity index (χ2v) is 7.55. The molecule has 150 valence electrons. The number of nitrogens with zero attached hydrogens (tertiary/aromatic N) is 4. The third-order valence-electron chi connectivity index (χ3n) is 4.18. The third-order valence-corrected chi connectivity index (χ3v) is 5.25. The van der Waals surface area contributed by atoms with Gasteiger partial charge in [0.15, 0.2) is 5.96 Å². The van der Waals surface area contributed by atoms with Crippen LogP contribution in [0.4, 0.5) is 0 Å². The highest BCUT2D eigenvalue weighted by atomic mass is 127. The number of nitrogens with one attached hydrogen (secondary N) is 2. The fourth-order valence-corrected chi connectivity index (χ4v) is 3.72. The predicted molar refractivity (Wildman–Crippen MR) is 126 cm³/mol. The summed E-state index contributed by atoms with van der Waals surface area (Å²) >= 11 is 1.73. The maximum atomic E-state index is 4.77. The summed E-state index contributed by atoms with van der Waals surface area (Å²) in [5.41, 5.74) is 3.52. The van der Waals surface area contributed by atoms with Gasteiger partial charge in [-0.3, -0.25) is 4.68 Å². The monoisotopic (exact) mass is 510 g/mol. The minimum atomic E-state index is 0. The Morgan fingerprint density at radius 2 is 1.93 bits per heavy atom. The van der Waals surface area contributed by atoms with E-state index in [0.29, 0.717) is 6.54 Å². The van der Waals surface area contributed by atoms with Crippen LogP contribution in [0.1, 0.15) is 33.6 Å². The van der Waals surface area contributed by atoms with E-state index < -0.39 is 0 Å². The molecule has 0 unspecified atom stereocenters. The van der Waals surface area contributed by atoms with E-state index in [1.54, 1.807) is 17.5 Å². The molecule has 0 saturated heterocycles. The Hall–Kier alpha value is -1.94. The SMILES string of the molecule is CCNC(=NCc1ccccc1Cn1cccn1)NCc1sc(C)nc1C.I. The summed E-state index contributed by atoms with van der Waals surface area (Å²) in [6.07, 6.45) is 3.78. The molecule has 1 aromatic carbocycles. The zero-order valence-corrected chi connectivity index (χ0v) is 19.6. The van der Waals surface area contributed by atoms with Crippen LogP contribution in [-0.2, 0) is 19.6 Å². The van der Waals surface area contributed by atoms with Gasteiger partial charge in [-0.15, -0.1) is 35.3 Å². The van der Waals surface area contributed by atoms with E-state index in [9.17, 15) is 0 Å². The van der Waals surface area contributed by atoms with Crippen molar-refractivity contribution < 1.29 is 0 Å². The summed E-state index contributed by atoms with van der Waals surface area (Å²) in [5.74, 6) is 0.817. The van der Waals surface area contributed by atoms with E-state index in [-0.39, 0.29) is 24.0 Å². The van der Waals surface area contributed by atoms with E-state index in [4.69, 9.17) is 4.99 Å². The first kappa shape index (κ1) is 22.4. The zero-order chi connectivity index (χ0) is 19.1. The molecule has 0 aliphatic rings. The molecule has 0 spiro atoms. The van der Waals surface area contributed by atoms with Crippen LogP contribution in [0.5, 0.6) is 0 Å². The minimum Gasteiger partial charge on any atom is -0.357 e. The van der Waals surface area contributed by atoms with Gasteiger partial charge in [0.25, 0.3) is 0 Å². The minimum absolute atomic E-state index is 0. The Kier molecular flexibility index (Phi) is 8.91. The maximum Gasteiger partial charge on any atom is 0.191 e. The van der Waals surface area contributed by atoms with Crippen molar-refractivity contribution in [2.75, 3.05) is 6.54 Å². The van der Waals surface area contributed by atoms with Crippen LogP contribution in [0.3, 0.4) is 0 Å². The highest BCUT2D eigenvalue weighted by Crippen LogP contribution is 2.16. The van der Waals surface area contributed by atoms with Crippen molar-refractivity contribution in [3.8, 4) is 0 Å². The number of aromatic nitrogens is 3. The fourth-order valence-electron chi connectivity index (χ4n) is 2.84. The average Bonchev–Trinajstić information content (AvgIpc) is 3.27. The Morgan fingerprint density at radius 3 is 2.57 bits per heavy atom. The lowest BCUT2D eigenvalue weighted by Crippen LogP contribution is -2.36. The summed E-state index contributed by atoms with van der Waals surface area (Å²) in [6, 6.07) is 10.3. The normalized spacial score (nSPS) is 11.2. The van der Waals surface area contributed by atoms with Crippen molar-refractivity contribution in [2.24, 2.45) is 4.99 Å². The van der Waals surface area contributed by atoms with Crippen LogP contribution in [-0.4, -0.2) is 27.3 Å². The first-order valence-corrected chi connectivity index (χ1v) is 9.96. The molecule has 28 heavy (non-hydrogen) atoms. The molecule has 0 bridgehead atoms. The van der Waals surface area contributed by atoms with Crippen molar-refractivity contribution in [1.82, 2.24) is 25.4 Å². The lowest BCUT2D eigenvalue weighted by molar-refractivity contribution is 0.680. The first-order chi connectivity index (χ1) is 13.2. The van der Waals surface area contributed by atoms with Crippen molar-refractivity contribution in [3.05, 3.63) is 69.4 Å². The molecule has 0 saturated carbocycles. The van der Waals surface area contributed by atoms with Crippen LogP contribution in [0.2, 0.25) is 0 Å². The summed E-state index contributed by atoms with van der Waals surface area (Å²) in [6.45, 7) is 9.09. The molecule has 0 radical (unpaired) electrons. The van der Waals surface area contributed by atoms with Crippen LogP contribution < -0.4 is 10.6 Å². The molecule has 0 aliphatic heterocycles. The Bertz CT molecular complexity index is 888. The summed E-state index contributed by atoms with van der Waals surface area (Å²) in [5, 5.41) is 12.1. The molecule has 3 aromatic rings. The number of halogens is 1. The van der Waals surface area contributed by atoms with Crippen molar-refractivity contribution in [3.63, 3.8) is 0 Å². The van der Waals surface area contributed by atoms with Gasteiger partial charge in [0, 0.05) is 23.8 Å². The van der Waals surface area contributed by atoms with E-state index in [0.717, 1.165) is 36.3 Å². The second-order valence-electron chi connectivity index (χ2n) is 6.26. The molecular weight excluding hydrogens is 483 g/mol. The Balaban J connectivity index is 0.00000280. The first-order valence-electron chi connectivity index (χ1n) is 9.15. The molecule has 8 heteroatoms. The average molecular weight is 510 g/mol. The van der Waals surface area contributed by atoms with E-state index in [1.165, 1.54) is 16.0 Å².